The van der Waals surface area contributed by atoms with Gasteiger partial charge in [0.05, 0.1) is 18.1 Å². The van der Waals surface area contributed by atoms with E-state index < -0.39 is 28.0 Å². The van der Waals surface area contributed by atoms with E-state index in [-0.39, 0.29) is 5.69 Å². The minimum atomic E-state index is -1.16. The highest BCUT2D eigenvalue weighted by atomic mass is 19.1. The Labute approximate surface area is 119 Å². The standard InChI is InChI=1S/C13H14F2N2O4/c14-9-7-10(15)12(17(18)19)11(8-9)16-3-1-13(2-4-16)20-5-6-21-13/h7-8H,1-6H2. The summed E-state index contributed by atoms with van der Waals surface area (Å²) in [6.07, 6.45) is 1.00. The van der Waals surface area contributed by atoms with E-state index in [1.165, 1.54) is 0 Å². The van der Waals surface area contributed by atoms with Crippen LogP contribution >= 0.6 is 0 Å². The van der Waals surface area contributed by atoms with Crippen molar-refractivity contribution in [3.05, 3.63) is 33.9 Å². The number of halogens is 2. The number of benzene rings is 1. The third kappa shape index (κ3) is 2.56. The molecule has 0 aliphatic carbocycles. The zero-order valence-electron chi connectivity index (χ0n) is 11.2. The summed E-state index contributed by atoms with van der Waals surface area (Å²) >= 11 is 0. The molecule has 0 saturated carbocycles. The molecule has 0 N–H and O–H groups in total. The lowest BCUT2D eigenvalue weighted by atomic mass is 10.0. The molecule has 0 aromatic heterocycles. The summed E-state index contributed by atoms with van der Waals surface area (Å²) < 4.78 is 38.2. The van der Waals surface area contributed by atoms with Crippen LogP contribution in [-0.4, -0.2) is 37.0 Å². The molecule has 21 heavy (non-hydrogen) atoms. The van der Waals surface area contributed by atoms with Crippen LogP contribution in [0, 0.1) is 21.7 Å². The van der Waals surface area contributed by atoms with E-state index in [2.05, 4.69) is 0 Å². The van der Waals surface area contributed by atoms with Gasteiger partial charge < -0.3 is 14.4 Å². The molecular formula is C13H14F2N2O4. The molecule has 3 rings (SSSR count). The Balaban J connectivity index is 1.86. The Morgan fingerprint density at radius 1 is 1.19 bits per heavy atom. The first-order valence-electron chi connectivity index (χ1n) is 6.67. The molecule has 0 bridgehead atoms. The predicted octanol–water partition coefficient (Wildman–Crippen LogP) is 2.22. The van der Waals surface area contributed by atoms with Crippen molar-refractivity contribution in [1.29, 1.82) is 0 Å². The van der Waals surface area contributed by atoms with Crippen molar-refractivity contribution < 1.29 is 23.2 Å². The summed E-state index contributed by atoms with van der Waals surface area (Å²) in [4.78, 5) is 11.8. The fourth-order valence-electron chi connectivity index (χ4n) is 2.85. The van der Waals surface area contributed by atoms with E-state index in [1.807, 2.05) is 0 Å². The largest absolute Gasteiger partial charge is 0.365 e. The highest BCUT2D eigenvalue weighted by Gasteiger charge is 2.41. The van der Waals surface area contributed by atoms with Crippen molar-refractivity contribution in [3.63, 3.8) is 0 Å². The summed E-state index contributed by atoms with van der Waals surface area (Å²) in [5, 5.41) is 11.0. The van der Waals surface area contributed by atoms with E-state index in [0.29, 0.717) is 45.2 Å². The molecule has 8 heteroatoms. The zero-order valence-corrected chi connectivity index (χ0v) is 11.2. The van der Waals surface area contributed by atoms with Crippen LogP contribution in [0.2, 0.25) is 0 Å². The van der Waals surface area contributed by atoms with Crippen molar-refractivity contribution >= 4 is 11.4 Å². The molecule has 1 spiro atoms. The fourth-order valence-corrected chi connectivity index (χ4v) is 2.85. The van der Waals surface area contributed by atoms with Crippen LogP contribution in [0.1, 0.15) is 12.8 Å². The Morgan fingerprint density at radius 3 is 2.38 bits per heavy atom. The van der Waals surface area contributed by atoms with Gasteiger partial charge in [-0.1, -0.05) is 0 Å². The molecule has 1 aromatic rings. The van der Waals surface area contributed by atoms with Crippen molar-refractivity contribution in [2.45, 2.75) is 18.6 Å². The maximum Gasteiger partial charge on any atom is 0.328 e. The number of nitro benzene ring substituents is 1. The van der Waals surface area contributed by atoms with Crippen LogP contribution < -0.4 is 4.90 Å². The summed E-state index contributed by atoms with van der Waals surface area (Å²) in [6, 6.07) is 1.52. The maximum atomic E-state index is 13.7. The van der Waals surface area contributed by atoms with E-state index >= 15 is 0 Å². The zero-order chi connectivity index (χ0) is 15.0. The van der Waals surface area contributed by atoms with Gasteiger partial charge in [0.15, 0.2) is 5.79 Å². The molecule has 0 atom stereocenters. The van der Waals surface area contributed by atoms with E-state index in [1.54, 1.807) is 4.90 Å². The lowest BCUT2D eigenvalue weighted by molar-refractivity contribution is -0.386. The van der Waals surface area contributed by atoms with Gasteiger partial charge in [0.25, 0.3) is 0 Å². The normalized spacial score (nSPS) is 21.0. The van der Waals surface area contributed by atoms with Crippen molar-refractivity contribution in [1.82, 2.24) is 0 Å². The van der Waals surface area contributed by atoms with Gasteiger partial charge in [-0.15, -0.1) is 0 Å². The predicted molar refractivity (Wildman–Crippen MR) is 69.1 cm³/mol. The Morgan fingerprint density at radius 2 is 1.81 bits per heavy atom. The number of anilines is 1. The van der Waals surface area contributed by atoms with E-state index in [4.69, 9.17) is 9.47 Å². The molecule has 1 aromatic carbocycles. The SMILES string of the molecule is O=[N+]([O-])c1c(F)cc(F)cc1N1CCC2(CC1)OCCO2. The molecule has 0 radical (unpaired) electrons. The molecule has 6 nitrogen and oxygen atoms in total. The Kier molecular flexibility index (Phi) is 3.50. The monoisotopic (exact) mass is 300 g/mol. The van der Waals surface area contributed by atoms with Gasteiger partial charge in [-0.25, -0.2) is 4.39 Å². The quantitative estimate of drug-likeness (QED) is 0.619. The van der Waals surface area contributed by atoms with Crippen molar-refractivity contribution in [3.8, 4) is 0 Å². The number of ether oxygens (including phenoxy) is 2. The Hall–Kier alpha value is -1.80. The molecule has 114 valence electrons. The van der Waals surface area contributed by atoms with Crippen molar-refractivity contribution in [2.75, 3.05) is 31.2 Å². The first-order valence-corrected chi connectivity index (χ1v) is 6.67. The van der Waals surface area contributed by atoms with Gasteiger partial charge in [-0.3, -0.25) is 10.1 Å². The average molecular weight is 300 g/mol. The molecule has 2 aliphatic rings. The van der Waals surface area contributed by atoms with Gasteiger partial charge in [0, 0.05) is 38.1 Å². The lowest BCUT2D eigenvalue weighted by Gasteiger charge is -2.38. The second-order valence-electron chi connectivity index (χ2n) is 5.11. The molecule has 2 aliphatic heterocycles. The number of hydrogen-bond acceptors (Lipinski definition) is 5. The van der Waals surface area contributed by atoms with Gasteiger partial charge in [-0.2, -0.15) is 4.39 Å². The van der Waals surface area contributed by atoms with E-state index in [0.717, 1.165) is 6.07 Å². The van der Waals surface area contributed by atoms with Gasteiger partial charge >= 0.3 is 5.69 Å². The van der Waals surface area contributed by atoms with Crippen LogP contribution in [-0.2, 0) is 9.47 Å². The Bertz CT molecular complexity index is 566. The molecular weight excluding hydrogens is 286 g/mol. The second-order valence-corrected chi connectivity index (χ2v) is 5.11. The van der Waals surface area contributed by atoms with Crippen molar-refractivity contribution in [2.24, 2.45) is 0 Å². The topological polar surface area (TPSA) is 64.8 Å². The van der Waals surface area contributed by atoms with Gasteiger partial charge in [0.1, 0.15) is 11.5 Å². The molecule has 2 heterocycles. The minimum absolute atomic E-state index is 0.0367. The van der Waals surface area contributed by atoms with Crippen LogP contribution in [0.25, 0.3) is 0 Å². The van der Waals surface area contributed by atoms with Crippen LogP contribution in [0.5, 0.6) is 0 Å². The van der Waals surface area contributed by atoms with Gasteiger partial charge in [-0.05, 0) is 0 Å². The van der Waals surface area contributed by atoms with Crippen LogP contribution in [0.4, 0.5) is 20.2 Å². The fraction of sp³-hybridized carbons (Fsp3) is 0.538. The average Bonchev–Trinajstić information content (AvgIpc) is 2.86. The third-order valence-electron chi connectivity index (χ3n) is 3.87. The number of nitrogens with zero attached hydrogens (tertiary/aromatic N) is 2. The number of hydrogen-bond donors (Lipinski definition) is 0. The summed E-state index contributed by atoms with van der Waals surface area (Å²) in [6.45, 7) is 1.80. The highest BCUT2D eigenvalue weighted by Crippen LogP contribution is 2.37. The summed E-state index contributed by atoms with van der Waals surface area (Å²) in [7, 11) is 0. The highest BCUT2D eigenvalue weighted by molar-refractivity contribution is 5.64. The number of nitro groups is 1. The summed E-state index contributed by atoms with van der Waals surface area (Å²) in [5.41, 5.74) is -0.731. The lowest BCUT2D eigenvalue weighted by Crippen LogP contribution is -2.45. The van der Waals surface area contributed by atoms with E-state index in [9.17, 15) is 18.9 Å². The van der Waals surface area contributed by atoms with Crippen LogP contribution in [0.3, 0.4) is 0 Å². The smallest absolute Gasteiger partial charge is 0.328 e. The number of piperidine rings is 1. The minimum Gasteiger partial charge on any atom is -0.365 e. The molecule has 0 amide bonds. The number of rotatable bonds is 2. The second kappa shape index (κ2) is 5.19. The molecule has 2 saturated heterocycles. The third-order valence-corrected chi connectivity index (χ3v) is 3.87. The van der Waals surface area contributed by atoms with Gasteiger partial charge in [0.2, 0.25) is 5.82 Å². The molecule has 0 unspecified atom stereocenters. The first kappa shape index (κ1) is 14.2. The summed E-state index contributed by atoms with van der Waals surface area (Å²) in [5.74, 6) is -2.64. The first-order chi connectivity index (χ1) is 10.0. The van der Waals surface area contributed by atoms with Crippen LogP contribution in [0.15, 0.2) is 12.1 Å². The maximum absolute atomic E-state index is 13.7. The molecule has 2 fully saturated rings.